The lowest BCUT2D eigenvalue weighted by Crippen LogP contribution is -2.34. The quantitative estimate of drug-likeness (QED) is 0.293. The molecule has 0 aliphatic heterocycles. The van der Waals surface area contributed by atoms with E-state index < -0.39 is 6.10 Å². The molecule has 0 aliphatic rings. The van der Waals surface area contributed by atoms with E-state index in [1.54, 1.807) is 0 Å². The molecule has 4 nitrogen and oxygen atoms in total. The smallest absolute Gasteiger partial charge is 0.0900 e. The Balaban J connectivity index is 1.85. The van der Waals surface area contributed by atoms with Gasteiger partial charge in [0.05, 0.1) is 25.9 Å². The van der Waals surface area contributed by atoms with Crippen LogP contribution in [-0.4, -0.2) is 56.1 Å². The van der Waals surface area contributed by atoms with Crippen LogP contribution in [-0.2, 0) is 16.1 Å². The Hall–Kier alpha value is -0.940. The summed E-state index contributed by atoms with van der Waals surface area (Å²) in [5.41, 5.74) is 1.19. The maximum Gasteiger partial charge on any atom is 0.0900 e. The van der Waals surface area contributed by atoms with Gasteiger partial charge in [0.2, 0.25) is 0 Å². The largest absolute Gasteiger partial charge is 0.389 e. The minimum atomic E-state index is -0.433. The Kier molecular flexibility index (Phi) is 17.1. The number of aliphatic hydroxyl groups is 1. The van der Waals surface area contributed by atoms with E-state index in [-0.39, 0.29) is 0 Å². The van der Waals surface area contributed by atoms with Crippen molar-refractivity contribution in [1.29, 1.82) is 0 Å². The van der Waals surface area contributed by atoms with Crippen molar-refractivity contribution in [3.63, 3.8) is 0 Å². The molecule has 0 saturated heterocycles. The van der Waals surface area contributed by atoms with Crippen molar-refractivity contribution >= 4 is 0 Å². The molecular formula is C25H45NO3. The lowest BCUT2D eigenvalue weighted by molar-refractivity contribution is 0.0137. The van der Waals surface area contributed by atoms with Crippen molar-refractivity contribution in [3.8, 4) is 0 Å². The first kappa shape index (κ1) is 26.1. The van der Waals surface area contributed by atoms with E-state index in [0.29, 0.717) is 26.4 Å². The Morgan fingerprint density at radius 3 is 2.10 bits per heavy atom. The number of rotatable bonds is 20. The van der Waals surface area contributed by atoms with Gasteiger partial charge in [-0.3, -0.25) is 0 Å². The minimum absolute atomic E-state index is 0.423. The summed E-state index contributed by atoms with van der Waals surface area (Å²) in [6, 6.07) is 10.2. The summed E-state index contributed by atoms with van der Waals surface area (Å²) < 4.78 is 11.3. The molecule has 0 saturated carbocycles. The van der Waals surface area contributed by atoms with E-state index in [1.807, 2.05) is 25.2 Å². The summed E-state index contributed by atoms with van der Waals surface area (Å²) >= 11 is 0. The number of likely N-dealkylation sites (N-methyl/N-ethyl adjacent to an activating group) is 1. The number of benzene rings is 1. The molecule has 1 rings (SSSR count). The van der Waals surface area contributed by atoms with Gasteiger partial charge in [-0.15, -0.1) is 0 Å². The van der Waals surface area contributed by atoms with Crippen LogP contribution in [0.25, 0.3) is 0 Å². The molecule has 0 fully saturated rings. The Bertz CT molecular complexity index is 455. The number of hydrogen-bond donors (Lipinski definition) is 1. The third kappa shape index (κ3) is 16.5. The van der Waals surface area contributed by atoms with E-state index in [0.717, 1.165) is 19.6 Å². The highest BCUT2D eigenvalue weighted by Crippen LogP contribution is 2.10. The van der Waals surface area contributed by atoms with Crippen molar-refractivity contribution in [1.82, 2.24) is 4.90 Å². The molecule has 0 amide bonds. The number of aliphatic hydroxyl groups excluding tert-OH is 1. The number of hydrogen-bond acceptors (Lipinski definition) is 4. The van der Waals surface area contributed by atoms with Crippen LogP contribution >= 0.6 is 0 Å². The Labute approximate surface area is 179 Å². The van der Waals surface area contributed by atoms with Crippen LogP contribution in [0.15, 0.2) is 30.3 Å². The van der Waals surface area contributed by atoms with Gasteiger partial charge in [0.15, 0.2) is 0 Å². The number of nitrogens with zero attached hydrogens (tertiary/aromatic N) is 1. The summed E-state index contributed by atoms with van der Waals surface area (Å²) in [5.74, 6) is 0. The van der Waals surface area contributed by atoms with Crippen LogP contribution < -0.4 is 0 Å². The van der Waals surface area contributed by atoms with Crippen LogP contribution in [0.2, 0.25) is 0 Å². The zero-order chi connectivity index (χ0) is 21.0. The third-order valence-corrected chi connectivity index (χ3v) is 5.20. The SMILES string of the molecule is CCCCCCCCCCCCOCC(O)CN(C)CCOCc1ccccc1. The fraction of sp³-hybridized carbons (Fsp3) is 0.760. The molecule has 1 aromatic carbocycles. The highest BCUT2D eigenvalue weighted by atomic mass is 16.5. The van der Waals surface area contributed by atoms with Crippen molar-refractivity contribution in [3.05, 3.63) is 35.9 Å². The first-order valence-electron chi connectivity index (χ1n) is 11.8. The highest BCUT2D eigenvalue weighted by molar-refractivity contribution is 5.13. The van der Waals surface area contributed by atoms with Gasteiger partial charge in [-0.05, 0) is 19.0 Å². The van der Waals surface area contributed by atoms with Crippen molar-refractivity contribution in [2.75, 3.05) is 40.0 Å². The molecule has 29 heavy (non-hydrogen) atoms. The minimum Gasteiger partial charge on any atom is -0.389 e. The Morgan fingerprint density at radius 1 is 0.828 bits per heavy atom. The van der Waals surface area contributed by atoms with E-state index in [1.165, 1.54) is 63.4 Å². The predicted octanol–water partition coefficient (Wildman–Crippen LogP) is 5.43. The first-order valence-corrected chi connectivity index (χ1v) is 11.8. The monoisotopic (exact) mass is 407 g/mol. The van der Waals surface area contributed by atoms with Crippen LogP contribution in [0, 0.1) is 0 Å². The van der Waals surface area contributed by atoms with Gasteiger partial charge in [-0.25, -0.2) is 0 Å². The molecule has 1 unspecified atom stereocenters. The lowest BCUT2D eigenvalue weighted by Gasteiger charge is -2.20. The molecule has 0 aliphatic carbocycles. The first-order chi connectivity index (χ1) is 14.2. The maximum atomic E-state index is 10.1. The average Bonchev–Trinajstić information content (AvgIpc) is 2.73. The lowest BCUT2D eigenvalue weighted by atomic mass is 10.1. The highest BCUT2D eigenvalue weighted by Gasteiger charge is 2.08. The second-order valence-electron chi connectivity index (χ2n) is 8.21. The second kappa shape index (κ2) is 19.0. The molecular weight excluding hydrogens is 362 g/mol. The van der Waals surface area contributed by atoms with Crippen molar-refractivity contribution in [2.45, 2.75) is 83.8 Å². The van der Waals surface area contributed by atoms with Gasteiger partial charge >= 0.3 is 0 Å². The van der Waals surface area contributed by atoms with E-state index in [2.05, 4.69) is 24.0 Å². The van der Waals surface area contributed by atoms with Crippen molar-refractivity contribution < 1.29 is 14.6 Å². The molecule has 1 aromatic rings. The molecule has 4 heteroatoms. The fourth-order valence-corrected chi connectivity index (χ4v) is 3.40. The van der Waals surface area contributed by atoms with E-state index >= 15 is 0 Å². The molecule has 1 N–H and O–H groups in total. The van der Waals surface area contributed by atoms with Gasteiger partial charge in [0.25, 0.3) is 0 Å². The van der Waals surface area contributed by atoms with E-state index in [9.17, 15) is 5.11 Å². The molecule has 0 spiro atoms. The van der Waals surface area contributed by atoms with E-state index in [4.69, 9.17) is 9.47 Å². The topological polar surface area (TPSA) is 41.9 Å². The van der Waals surface area contributed by atoms with Gasteiger partial charge in [0, 0.05) is 19.7 Å². The second-order valence-corrected chi connectivity index (χ2v) is 8.21. The van der Waals surface area contributed by atoms with Gasteiger partial charge in [-0.2, -0.15) is 0 Å². The van der Waals surface area contributed by atoms with Crippen LogP contribution in [0.1, 0.15) is 76.7 Å². The van der Waals surface area contributed by atoms with Gasteiger partial charge in [0.1, 0.15) is 0 Å². The summed E-state index contributed by atoms with van der Waals surface area (Å²) in [6.45, 7) is 6.18. The molecule has 0 radical (unpaired) electrons. The third-order valence-electron chi connectivity index (χ3n) is 5.20. The fourth-order valence-electron chi connectivity index (χ4n) is 3.40. The standard InChI is InChI=1S/C25H45NO3/c1-3-4-5-6-7-8-9-10-11-15-19-28-23-25(27)21-26(2)18-20-29-22-24-16-13-12-14-17-24/h12-14,16-17,25,27H,3-11,15,18-23H2,1-2H3. The average molecular weight is 408 g/mol. The van der Waals surface area contributed by atoms with Gasteiger partial charge < -0.3 is 19.5 Å². The number of ether oxygens (including phenoxy) is 2. The summed E-state index contributed by atoms with van der Waals surface area (Å²) in [7, 11) is 2.01. The zero-order valence-electron chi connectivity index (χ0n) is 19.0. The predicted molar refractivity (Wildman–Crippen MR) is 122 cm³/mol. The molecule has 0 bridgehead atoms. The van der Waals surface area contributed by atoms with Crippen LogP contribution in [0.3, 0.4) is 0 Å². The zero-order valence-corrected chi connectivity index (χ0v) is 19.0. The molecule has 1 atom stereocenters. The van der Waals surface area contributed by atoms with Gasteiger partial charge in [-0.1, -0.05) is 95.0 Å². The summed E-state index contributed by atoms with van der Waals surface area (Å²) in [5, 5.41) is 10.1. The maximum absolute atomic E-state index is 10.1. The molecule has 168 valence electrons. The number of unbranched alkanes of at least 4 members (excludes halogenated alkanes) is 9. The normalized spacial score (nSPS) is 12.6. The summed E-state index contributed by atoms with van der Waals surface area (Å²) in [6.07, 6.45) is 12.9. The molecule has 0 heterocycles. The molecule has 0 aromatic heterocycles. The van der Waals surface area contributed by atoms with Crippen molar-refractivity contribution in [2.24, 2.45) is 0 Å². The summed E-state index contributed by atoms with van der Waals surface area (Å²) in [4.78, 5) is 2.10. The Morgan fingerprint density at radius 2 is 1.45 bits per heavy atom. The van der Waals surface area contributed by atoms with Crippen LogP contribution in [0.5, 0.6) is 0 Å². The van der Waals surface area contributed by atoms with Crippen LogP contribution in [0.4, 0.5) is 0 Å².